The van der Waals surface area contributed by atoms with Gasteiger partial charge in [-0.2, -0.15) is 9.57 Å². The van der Waals surface area contributed by atoms with Crippen molar-refractivity contribution in [3.05, 3.63) is 42.0 Å². The molecule has 3 aliphatic rings. The first-order chi connectivity index (χ1) is 15.0. The summed E-state index contributed by atoms with van der Waals surface area (Å²) < 4.78 is 33.9. The molecule has 1 aromatic carbocycles. The molecule has 7 nitrogen and oxygen atoms in total. The molecule has 8 heteroatoms. The lowest BCUT2D eigenvalue weighted by molar-refractivity contribution is -0.139. The number of sulfonamides is 1. The van der Waals surface area contributed by atoms with Crippen LogP contribution in [0, 0.1) is 23.2 Å². The Hall–Kier alpha value is -2.21. The average molecular weight is 444 g/mol. The van der Waals surface area contributed by atoms with Crippen LogP contribution in [0.5, 0.6) is 0 Å². The highest BCUT2D eigenvalue weighted by molar-refractivity contribution is 7.89. The van der Waals surface area contributed by atoms with Crippen LogP contribution in [0.2, 0.25) is 0 Å². The third-order valence-corrected chi connectivity index (χ3v) is 8.89. The predicted molar refractivity (Wildman–Crippen MR) is 115 cm³/mol. The maximum Gasteiger partial charge on any atom is 0.309 e. The maximum absolute atomic E-state index is 13.8. The minimum atomic E-state index is -3.87. The molecule has 31 heavy (non-hydrogen) atoms. The van der Waals surface area contributed by atoms with E-state index in [2.05, 4.69) is 4.90 Å². The molecular weight excluding hydrogens is 414 g/mol. The van der Waals surface area contributed by atoms with Gasteiger partial charge in [0.1, 0.15) is 6.07 Å². The second-order valence-electron chi connectivity index (χ2n) is 8.62. The van der Waals surface area contributed by atoms with Gasteiger partial charge in [0.25, 0.3) is 0 Å². The van der Waals surface area contributed by atoms with Gasteiger partial charge in [-0.25, -0.2) is 8.42 Å². The molecule has 1 aromatic rings. The standard InChI is InChI=1S/C23H29N3O4S/c1-30-22(27)12-4-10-20-19-9-6-14-25-13-5-8-18(23(19)25)16-26(20)31(28,29)21-11-3-2-7-17(21)15-24/h2-4,7,10-11,18-20,23H,5-6,8-9,12-14,16H2,1H3/b10-4+/t18-,19+,20+,23-/m0/s1. The molecule has 0 amide bonds. The van der Waals surface area contributed by atoms with E-state index >= 15 is 0 Å². The van der Waals surface area contributed by atoms with Gasteiger partial charge in [-0.15, -0.1) is 0 Å². The molecule has 0 aromatic heterocycles. The lowest BCUT2D eigenvalue weighted by Gasteiger charge is -2.56. The van der Waals surface area contributed by atoms with Crippen molar-refractivity contribution < 1.29 is 17.9 Å². The van der Waals surface area contributed by atoms with Crippen molar-refractivity contribution in [3.63, 3.8) is 0 Å². The number of carbonyl (C=O) groups excluding carboxylic acids is 1. The first kappa shape index (κ1) is 22.0. The number of nitriles is 1. The van der Waals surface area contributed by atoms with Crippen LogP contribution < -0.4 is 0 Å². The van der Waals surface area contributed by atoms with Gasteiger partial charge in [0, 0.05) is 18.6 Å². The summed E-state index contributed by atoms with van der Waals surface area (Å²) in [6.45, 7) is 2.58. The van der Waals surface area contributed by atoms with Crippen molar-refractivity contribution in [2.75, 3.05) is 26.7 Å². The largest absolute Gasteiger partial charge is 0.469 e. The molecule has 0 radical (unpaired) electrons. The summed E-state index contributed by atoms with van der Waals surface area (Å²) in [5.41, 5.74) is 0.163. The molecule has 0 aliphatic carbocycles. The third kappa shape index (κ3) is 4.14. The van der Waals surface area contributed by atoms with E-state index in [-0.39, 0.29) is 40.7 Å². The van der Waals surface area contributed by atoms with Gasteiger partial charge in [0.15, 0.2) is 0 Å². The average Bonchev–Trinajstić information content (AvgIpc) is 2.80. The SMILES string of the molecule is COC(=O)C/C=C/[C@@H]1[C@H]2CCCN3CCC[C@@H](CN1S(=O)(=O)c1ccccc1C#N)[C@@H]23. The molecule has 3 saturated heterocycles. The summed E-state index contributed by atoms with van der Waals surface area (Å²) in [4.78, 5) is 14.2. The van der Waals surface area contributed by atoms with Crippen LogP contribution in [0.25, 0.3) is 0 Å². The van der Waals surface area contributed by atoms with Gasteiger partial charge in [-0.05, 0) is 62.7 Å². The number of hydrogen-bond acceptors (Lipinski definition) is 6. The van der Waals surface area contributed by atoms with Crippen LogP contribution in [0.3, 0.4) is 0 Å². The Morgan fingerprint density at radius 3 is 2.74 bits per heavy atom. The van der Waals surface area contributed by atoms with Crippen molar-refractivity contribution in [2.24, 2.45) is 11.8 Å². The number of nitrogens with zero attached hydrogens (tertiary/aromatic N) is 3. The van der Waals surface area contributed by atoms with Crippen molar-refractivity contribution in [1.29, 1.82) is 5.26 Å². The molecule has 166 valence electrons. The summed E-state index contributed by atoms with van der Waals surface area (Å²) in [6, 6.07) is 8.45. The number of rotatable bonds is 5. The molecule has 3 heterocycles. The van der Waals surface area contributed by atoms with Crippen LogP contribution in [-0.2, 0) is 19.6 Å². The monoisotopic (exact) mass is 443 g/mol. The number of ether oxygens (including phenoxy) is 1. The number of carbonyl (C=O) groups is 1. The van der Waals surface area contributed by atoms with Crippen LogP contribution >= 0.6 is 0 Å². The van der Waals surface area contributed by atoms with Gasteiger partial charge in [0.05, 0.1) is 24.0 Å². The van der Waals surface area contributed by atoms with Crippen molar-refractivity contribution >= 4 is 16.0 Å². The number of methoxy groups -OCH3 is 1. The fraction of sp³-hybridized carbons (Fsp3) is 0.565. The fourth-order valence-corrected chi connectivity index (χ4v) is 7.52. The summed E-state index contributed by atoms with van der Waals surface area (Å²) in [6.07, 6.45) is 7.82. The van der Waals surface area contributed by atoms with Gasteiger partial charge in [0.2, 0.25) is 10.0 Å². The van der Waals surface area contributed by atoms with Gasteiger partial charge >= 0.3 is 5.97 Å². The normalized spacial score (nSPS) is 29.3. The Morgan fingerprint density at radius 1 is 1.26 bits per heavy atom. The molecule has 0 N–H and O–H groups in total. The van der Waals surface area contributed by atoms with Gasteiger partial charge < -0.3 is 4.74 Å². The Labute approximate surface area is 184 Å². The number of hydrogen-bond donors (Lipinski definition) is 0. The first-order valence-electron chi connectivity index (χ1n) is 11.0. The topological polar surface area (TPSA) is 90.7 Å². The highest BCUT2D eigenvalue weighted by Crippen LogP contribution is 2.44. The fourth-order valence-electron chi connectivity index (χ4n) is 5.69. The van der Waals surface area contributed by atoms with Crippen molar-refractivity contribution in [3.8, 4) is 6.07 Å². The third-order valence-electron chi connectivity index (χ3n) is 6.97. The molecule has 0 spiro atoms. The highest BCUT2D eigenvalue weighted by Gasteiger charge is 2.51. The molecule has 0 bridgehead atoms. The van der Waals surface area contributed by atoms with E-state index in [0.29, 0.717) is 12.6 Å². The van der Waals surface area contributed by atoms with Gasteiger partial charge in [-0.1, -0.05) is 24.3 Å². The Bertz CT molecular complexity index is 998. The molecule has 4 atom stereocenters. The van der Waals surface area contributed by atoms with Crippen molar-refractivity contribution in [1.82, 2.24) is 9.21 Å². The maximum atomic E-state index is 13.8. The molecule has 0 unspecified atom stereocenters. The molecule has 0 saturated carbocycles. The van der Waals surface area contributed by atoms with Crippen LogP contribution in [0.1, 0.15) is 37.7 Å². The van der Waals surface area contributed by atoms with Crippen LogP contribution in [0.4, 0.5) is 0 Å². The second kappa shape index (κ2) is 9.11. The van der Waals surface area contributed by atoms with Gasteiger partial charge in [-0.3, -0.25) is 9.69 Å². The Morgan fingerprint density at radius 2 is 2.00 bits per heavy atom. The lowest BCUT2D eigenvalue weighted by Crippen LogP contribution is -2.65. The van der Waals surface area contributed by atoms with E-state index < -0.39 is 10.0 Å². The van der Waals surface area contributed by atoms with Crippen LogP contribution in [-0.4, -0.2) is 62.4 Å². The zero-order valence-corrected chi connectivity index (χ0v) is 18.6. The van der Waals surface area contributed by atoms with E-state index in [4.69, 9.17) is 4.74 Å². The summed E-state index contributed by atoms with van der Waals surface area (Å²) in [5, 5.41) is 9.50. The highest BCUT2D eigenvalue weighted by atomic mass is 32.2. The van der Waals surface area contributed by atoms with E-state index in [9.17, 15) is 18.5 Å². The number of benzene rings is 1. The van der Waals surface area contributed by atoms with Crippen molar-refractivity contribution in [2.45, 2.75) is 49.1 Å². The number of esters is 1. The molecule has 3 fully saturated rings. The summed E-state index contributed by atoms with van der Waals surface area (Å²) in [5.74, 6) is 0.108. The molecule has 3 aliphatic heterocycles. The second-order valence-corrected chi connectivity index (χ2v) is 10.5. The quantitative estimate of drug-likeness (QED) is 0.513. The number of piperidine rings is 3. The zero-order chi connectivity index (χ0) is 22.0. The minimum Gasteiger partial charge on any atom is -0.469 e. The zero-order valence-electron chi connectivity index (χ0n) is 17.8. The first-order valence-corrected chi connectivity index (χ1v) is 12.4. The predicted octanol–water partition coefficient (Wildman–Crippen LogP) is 2.54. The van der Waals surface area contributed by atoms with E-state index in [1.165, 1.54) is 13.2 Å². The van der Waals surface area contributed by atoms with E-state index in [1.807, 2.05) is 12.1 Å². The van der Waals surface area contributed by atoms with Crippen LogP contribution in [0.15, 0.2) is 41.3 Å². The van der Waals surface area contributed by atoms with E-state index in [0.717, 1.165) is 38.8 Å². The Balaban J connectivity index is 1.74. The lowest BCUT2D eigenvalue weighted by atomic mass is 9.70. The Kier molecular flexibility index (Phi) is 6.47. The smallest absolute Gasteiger partial charge is 0.309 e. The molecular formula is C23H29N3O4S. The molecule has 4 rings (SSSR count). The van der Waals surface area contributed by atoms with E-state index in [1.54, 1.807) is 28.6 Å². The minimum absolute atomic E-state index is 0.0609. The summed E-state index contributed by atoms with van der Waals surface area (Å²) in [7, 11) is -2.53. The summed E-state index contributed by atoms with van der Waals surface area (Å²) >= 11 is 0.